The highest BCUT2D eigenvalue weighted by Gasteiger charge is 2.19. The minimum absolute atomic E-state index is 0.0555. The van der Waals surface area contributed by atoms with Crippen molar-refractivity contribution in [2.45, 2.75) is 34.1 Å². The second-order valence-corrected chi connectivity index (χ2v) is 6.09. The molecule has 2 rings (SSSR count). The smallest absolute Gasteiger partial charge is 0.124 e. The Bertz CT molecular complexity index is 618. The summed E-state index contributed by atoms with van der Waals surface area (Å²) >= 11 is 0. The molecule has 2 N–H and O–H groups in total. The Morgan fingerprint density at radius 2 is 1.89 bits per heavy atom. The van der Waals surface area contributed by atoms with Crippen LogP contribution in [0.25, 0.3) is 10.9 Å². The van der Waals surface area contributed by atoms with Crippen molar-refractivity contribution in [3.8, 4) is 0 Å². The van der Waals surface area contributed by atoms with E-state index in [1.54, 1.807) is 12.1 Å². The van der Waals surface area contributed by atoms with Crippen LogP contribution in [0.1, 0.15) is 30.7 Å². The van der Waals surface area contributed by atoms with E-state index in [0.29, 0.717) is 6.54 Å². The summed E-state index contributed by atoms with van der Waals surface area (Å²) in [5, 5.41) is 0.897. The number of hydrogen-bond donors (Lipinski definition) is 1. The van der Waals surface area contributed by atoms with Gasteiger partial charge in [0.05, 0.1) is 5.52 Å². The molecule has 19 heavy (non-hydrogen) atoms. The van der Waals surface area contributed by atoms with Gasteiger partial charge in [-0.05, 0) is 61.6 Å². The average molecular weight is 260 g/mol. The molecule has 0 saturated carbocycles. The van der Waals surface area contributed by atoms with E-state index < -0.39 is 0 Å². The molecule has 0 spiro atoms. The molecule has 102 valence electrons. The van der Waals surface area contributed by atoms with Crippen LogP contribution in [0.3, 0.4) is 0 Å². The number of nitrogens with zero attached hydrogens (tertiary/aromatic N) is 1. The van der Waals surface area contributed by atoms with Crippen LogP contribution in [0.4, 0.5) is 4.39 Å². The summed E-state index contributed by atoms with van der Waals surface area (Å²) in [6.07, 6.45) is 0.730. The number of nitrogens with two attached hydrogens (primary N) is 1. The topological polar surface area (TPSA) is 38.9 Å². The predicted molar refractivity (Wildman–Crippen MR) is 77.7 cm³/mol. The van der Waals surface area contributed by atoms with Crippen LogP contribution < -0.4 is 5.73 Å². The van der Waals surface area contributed by atoms with Crippen molar-refractivity contribution >= 4 is 10.9 Å². The van der Waals surface area contributed by atoms with E-state index >= 15 is 0 Å². The van der Waals surface area contributed by atoms with Gasteiger partial charge >= 0.3 is 0 Å². The molecule has 0 aliphatic rings. The van der Waals surface area contributed by atoms with Gasteiger partial charge in [0.15, 0.2) is 0 Å². The molecule has 0 aliphatic carbocycles. The molecule has 1 heterocycles. The first-order valence-corrected chi connectivity index (χ1v) is 6.59. The Hall–Kier alpha value is -1.48. The summed E-state index contributed by atoms with van der Waals surface area (Å²) < 4.78 is 13.8. The largest absolute Gasteiger partial charge is 0.330 e. The molecular formula is C16H21FN2. The first kappa shape index (κ1) is 13.9. The Labute approximate surface area is 113 Å². The molecule has 0 fully saturated rings. The molecule has 2 nitrogen and oxygen atoms in total. The second kappa shape index (κ2) is 4.89. The van der Waals surface area contributed by atoms with Gasteiger partial charge in [0.25, 0.3) is 0 Å². The zero-order valence-corrected chi connectivity index (χ0v) is 12.0. The molecule has 0 radical (unpaired) electrons. The maximum atomic E-state index is 13.8. The van der Waals surface area contributed by atoms with Gasteiger partial charge in [-0.2, -0.15) is 0 Å². The van der Waals surface area contributed by atoms with Crippen LogP contribution in [0, 0.1) is 25.1 Å². The fourth-order valence-corrected chi connectivity index (χ4v) is 2.41. The molecule has 0 bridgehead atoms. The number of aromatic nitrogens is 1. The minimum Gasteiger partial charge on any atom is -0.330 e. The summed E-state index contributed by atoms with van der Waals surface area (Å²) in [7, 11) is 0. The van der Waals surface area contributed by atoms with Gasteiger partial charge in [-0.25, -0.2) is 4.39 Å². The lowest BCUT2D eigenvalue weighted by Gasteiger charge is -2.23. The highest BCUT2D eigenvalue weighted by atomic mass is 19.1. The Kier molecular flexibility index (Phi) is 3.59. The van der Waals surface area contributed by atoms with E-state index in [-0.39, 0.29) is 11.2 Å². The molecule has 1 aromatic heterocycles. The van der Waals surface area contributed by atoms with Crippen LogP contribution >= 0.6 is 0 Å². The highest BCUT2D eigenvalue weighted by Crippen LogP contribution is 2.28. The van der Waals surface area contributed by atoms with Crippen LogP contribution in [0.2, 0.25) is 0 Å². The number of rotatable bonds is 3. The van der Waals surface area contributed by atoms with E-state index in [0.717, 1.165) is 34.1 Å². The van der Waals surface area contributed by atoms with Gasteiger partial charge in [-0.1, -0.05) is 13.8 Å². The van der Waals surface area contributed by atoms with E-state index in [1.807, 2.05) is 19.9 Å². The first-order chi connectivity index (χ1) is 8.82. The monoisotopic (exact) mass is 260 g/mol. The minimum atomic E-state index is -0.205. The maximum absolute atomic E-state index is 13.8. The molecule has 2 aromatic rings. The molecule has 3 heteroatoms. The summed E-state index contributed by atoms with van der Waals surface area (Å²) in [6, 6.07) is 5.14. The van der Waals surface area contributed by atoms with Crippen molar-refractivity contribution in [2.24, 2.45) is 11.1 Å². The van der Waals surface area contributed by atoms with Gasteiger partial charge < -0.3 is 5.73 Å². The van der Waals surface area contributed by atoms with Crippen LogP contribution in [-0.4, -0.2) is 11.5 Å². The fourth-order valence-electron chi connectivity index (χ4n) is 2.41. The predicted octanol–water partition coefficient (Wildman–Crippen LogP) is 3.52. The van der Waals surface area contributed by atoms with Gasteiger partial charge in [0.1, 0.15) is 5.82 Å². The summed E-state index contributed by atoms with van der Waals surface area (Å²) in [5.41, 5.74) is 9.60. The zero-order chi connectivity index (χ0) is 14.2. The molecule has 0 aliphatic heterocycles. The van der Waals surface area contributed by atoms with Gasteiger partial charge in [-0.15, -0.1) is 0 Å². The SMILES string of the molecule is Cc1cc(C)c2cc(F)cc(CC(C)(C)CN)c2n1. The van der Waals surface area contributed by atoms with Crippen LogP contribution in [0.5, 0.6) is 0 Å². The standard InChI is InChI=1S/C16H21FN2/c1-10-5-11(2)19-15-12(8-16(3,4)9-18)6-13(17)7-14(10)15/h5-7H,8-9,18H2,1-4H3. The van der Waals surface area contributed by atoms with Crippen molar-refractivity contribution in [2.75, 3.05) is 6.54 Å². The Morgan fingerprint density at radius 3 is 2.53 bits per heavy atom. The average Bonchev–Trinajstić information content (AvgIpc) is 2.30. The zero-order valence-electron chi connectivity index (χ0n) is 12.0. The molecular weight excluding hydrogens is 239 g/mol. The second-order valence-electron chi connectivity index (χ2n) is 6.09. The highest BCUT2D eigenvalue weighted by molar-refractivity contribution is 5.85. The molecule has 0 saturated heterocycles. The summed E-state index contributed by atoms with van der Waals surface area (Å²) in [4.78, 5) is 4.59. The third-order valence-corrected chi connectivity index (χ3v) is 3.51. The van der Waals surface area contributed by atoms with Gasteiger partial charge in [0, 0.05) is 11.1 Å². The van der Waals surface area contributed by atoms with Gasteiger partial charge in [-0.3, -0.25) is 4.98 Å². The lowest BCUT2D eigenvalue weighted by molar-refractivity contribution is 0.377. The normalized spacial score (nSPS) is 12.1. The van der Waals surface area contributed by atoms with Crippen molar-refractivity contribution in [1.82, 2.24) is 4.98 Å². The third kappa shape index (κ3) is 2.92. The lowest BCUT2D eigenvalue weighted by Crippen LogP contribution is -2.26. The van der Waals surface area contributed by atoms with E-state index in [9.17, 15) is 4.39 Å². The van der Waals surface area contributed by atoms with E-state index in [2.05, 4.69) is 18.8 Å². The molecule has 0 atom stereocenters. The number of pyridine rings is 1. The summed E-state index contributed by atoms with van der Waals surface area (Å²) in [5.74, 6) is -0.205. The molecule has 1 aromatic carbocycles. The fraction of sp³-hybridized carbons (Fsp3) is 0.438. The van der Waals surface area contributed by atoms with Gasteiger partial charge in [0.2, 0.25) is 0 Å². The number of fused-ring (bicyclic) bond motifs is 1. The number of aryl methyl sites for hydroxylation is 2. The van der Waals surface area contributed by atoms with Crippen molar-refractivity contribution in [3.05, 3.63) is 40.8 Å². The third-order valence-electron chi connectivity index (χ3n) is 3.51. The van der Waals surface area contributed by atoms with Crippen LogP contribution in [0.15, 0.2) is 18.2 Å². The Balaban J connectivity index is 2.66. The lowest BCUT2D eigenvalue weighted by atomic mass is 9.85. The number of benzene rings is 1. The quantitative estimate of drug-likeness (QED) is 0.917. The van der Waals surface area contributed by atoms with Crippen molar-refractivity contribution < 1.29 is 4.39 Å². The summed E-state index contributed by atoms with van der Waals surface area (Å²) in [6.45, 7) is 8.70. The Morgan fingerprint density at radius 1 is 1.21 bits per heavy atom. The number of hydrogen-bond acceptors (Lipinski definition) is 2. The van der Waals surface area contributed by atoms with Crippen molar-refractivity contribution in [1.29, 1.82) is 0 Å². The molecule has 0 amide bonds. The maximum Gasteiger partial charge on any atom is 0.124 e. The number of halogens is 1. The van der Waals surface area contributed by atoms with E-state index in [4.69, 9.17) is 5.73 Å². The molecule has 0 unspecified atom stereocenters. The van der Waals surface area contributed by atoms with Crippen molar-refractivity contribution in [3.63, 3.8) is 0 Å². The van der Waals surface area contributed by atoms with Crippen LogP contribution in [-0.2, 0) is 6.42 Å². The van der Waals surface area contributed by atoms with E-state index in [1.165, 1.54) is 0 Å². The first-order valence-electron chi connectivity index (χ1n) is 6.59.